The van der Waals surface area contributed by atoms with Crippen molar-refractivity contribution in [2.45, 2.75) is 25.4 Å². The predicted octanol–water partition coefficient (Wildman–Crippen LogP) is 1.82. The molecule has 3 heterocycles. The molecule has 2 amide bonds. The lowest BCUT2D eigenvalue weighted by molar-refractivity contribution is 0.0829. The van der Waals surface area contributed by atoms with E-state index in [2.05, 4.69) is 20.6 Å². The second-order valence-corrected chi connectivity index (χ2v) is 6.87. The van der Waals surface area contributed by atoms with Gasteiger partial charge in [0, 0.05) is 18.8 Å². The number of carbonyl (C=O) groups is 2. The van der Waals surface area contributed by atoms with Crippen molar-refractivity contribution < 1.29 is 14.7 Å². The van der Waals surface area contributed by atoms with Crippen molar-refractivity contribution in [3.63, 3.8) is 0 Å². The molecule has 3 rings (SSSR count). The molecule has 1 aliphatic rings. The van der Waals surface area contributed by atoms with Gasteiger partial charge >= 0.3 is 6.09 Å². The van der Waals surface area contributed by atoms with E-state index in [4.69, 9.17) is 28.5 Å². The Kier molecular flexibility index (Phi) is 5.25. The van der Waals surface area contributed by atoms with Gasteiger partial charge in [0.15, 0.2) is 5.69 Å². The van der Waals surface area contributed by atoms with E-state index in [9.17, 15) is 14.7 Å². The van der Waals surface area contributed by atoms with Gasteiger partial charge in [0.05, 0.1) is 28.3 Å². The summed E-state index contributed by atoms with van der Waals surface area (Å²) < 4.78 is 1.40. The third-order valence-corrected chi connectivity index (χ3v) is 5.36. The zero-order valence-corrected chi connectivity index (χ0v) is 15.6. The molecule has 0 saturated carbocycles. The van der Waals surface area contributed by atoms with Gasteiger partial charge in [-0.05, 0) is 13.3 Å². The maximum atomic E-state index is 12.6. The van der Waals surface area contributed by atoms with Crippen LogP contribution in [-0.4, -0.2) is 61.1 Å². The number of aryl methyl sites for hydroxylation is 1. The summed E-state index contributed by atoms with van der Waals surface area (Å²) >= 11 is 12.1. The minimum Gasteiger partial charge on any atom is -0.465 e. The van der Waals surface area contributed by atoms with Crippen LogP contribution in [0.1, 0.15) is 34.3 Å². The molecule has 0 bridgehead atoms. The number of nitrogens with one attached hydrogen (secondary N) is 2. The Bertz CT molecular complexity index is 932. The van der Waals surface area contributed by atoms with Crippen molar-refractivity contribution in [2.75, 3.05) is 13.1 Å². The molecule has 2 aromatic heterocycles. The Labute approximate surface area is 163 Å². The minimum atomic E-state index is -1.07. The molecule has 2 aromatic rings. The largest absolute Gasteiger partial charge is 0.465 e. The molecule has 142 valence electrons. The van der Waals surface area contributed by atoms with Crippen molar-refractivity contribution in [2.24, 2.45) is 0 Å². The standard InChI is InChI=1S/C15H15Cl2N7O3/c1-7-11(16)12(17)13(19-7)14(25)20-9-2-3-23(15(26)27)6-10(9)24-5-8(4-18)21-22-24/h5,9-10,19H,2-3,6H2,1H3,(H,20,25)(H,26,27)/t9-,10+/m1/s1. The van der Waals surface area contributed by atoms with Crippen LogP contribution in [0, 0.1) is 18.3 Å². The summed E-state index contributed by atoms with van der Waals surface area (Å²) in [5.41, 5.74) is 0.802. The minimum absolute atomic E-state index is 0.0900. The van der Waals surface area contributed by atoms with Gasteiger partial charge in [-0.1, -0.05) is 28.4 Å². The average Bonchev–Trinajstić information content (AvgIpc) is 3.22. The van der Waals surface area contributed by atoms with Crippen LogP contribution in [0.2, 0.25) is 10.0 Å². The first kappa shape index (κ1) is 19.0. The molecule has 0 radical (unpaired) electrons. The third kappa shape index (κ3) is 3.70. The number of hydrogen-bond donors (Lipinski definition) is 3. The fourth-order valence-corrected chi connectivity index (χ4v) is 3.42. The molecule has 1 fully saturated rings. The lowest BCUT2D eigenvalue weighted by atomic mass is 9.99. The summed E-state index contributed by atoms with van der Waals surface area (Å²) in [7, 11) is 0. The van der Waals surface area contributed by atoms with Crippen LogP contribution in [0.15, 0.2) is 6.20 Å². The highest BCUT2D eigenvalue weighted by Gasteiger charge is 2.35. The van der Waals surface area contributed by atoms with Gasteiger partial charge in [0.1, 0.15) is 11.8 Å². The van der Waals surface area contributed by atoms with E-state index in [1.165, 1.54) is 15.8 Å². The molecule has 0 aromatic carbocycles. The quantitative estimate of drug-likeness (QED) is 0.703. The molecule has 0 unspecified atom stereocenters. The number of amides is 2. The number of aromatic nitrogens is 4. The highest BCUT2D eigenvalue weighted by atomic mass is 35.5. The van der Waals surface area contributed by atoms with Gasteiger partial charge in [0.2, 0.25) is 0 Å². The number of rotatable bonds is 3. The number of carboxylic acid groups (broad SMARTS) is 1. The first-order valence-electron chi connectivity index (χ1n) is 7.96. The van der Waals surface area contributed by atoms with Crippen LogP contribution in [0.4, 0.5) is 4.79 Å². The van der Waals surface area contributed by atoms with Crippen LogP contribution < -0.4 is 5.32 Å². The van der Waals surface area contributed by atoms with E-state index in [-0.39, 0.29) is 34.5 Å². The summed E-state index contributed by atoms with van der Waals surface area (Å²) in [4.78, 5) is 28.0. The van der Waals surface area contributed by atoms with Gasteiger partial charge in [-0.25, -0.2) is 9.48 Å². The smallest absolute Gasteiger partial charge is 0.407 e. The monoisotopic (exact) mass is 411 g/mol. The lowest BCUT2D eigenvalue weighted by Crippen LogP contribution is -2.53. The molecule has 12 heteroatoms. The summed E-state index contributed by atoms with van der Waals surface area (Å²) in [6.45, 7) is 2.03. The Hall–Kier alpha value is -2.77. The van der Waals surface area contributed by atoms with Crippen molar-refractivity contribution in [1.29, 1.82) is 5.26 Å². The zero-order chi connectivity index (χ0) is 19.7. The summed E-state index contributed by atoms with van der Waals surface area (Å²) in [5.74, 6) is -0.464. The number of halogens is 2. The second-order valence-electron chi connectivity index (χ2n) is 6.11. The van der Waals surface area contributed by atoms with Crippen LogP contribution in [0.25, 0.3) is 0 Å². The number of hydrogen-bond acceptors (Lipinski definition) is 5. The van der Waals surface area contributed by atoms with E-state index in [1.54, 1.807) is 6.92 Å². The Morgan fingerprint density at radius 1 is 1.44 bits per heavy atom. The summed E-state index contributed by atoms with van der Waals surface area (Å²) in [6, 6.07) is 0.896. The van der Waals surface area contributed by atoms with Gasteiger partial charge < -0.3 is 20.3 Å². The molecular weight excluding hydrogens is 397 g/mol. The number of H-pyrrole nitrogens is 1. The summed E-state index contributed by atoms with van der Waals surface area (Å²) in [5, 5.41) is 29.1. The summed E-state index contributed by atoms with van der Waals surface area (Å²) in [6.07, 6.45) is 0.702. The number of aromatic amines is 1. The predicted molar refractivity (Wildman–Crippen MR) is 94.8 cm³/mol. The first-order chi connectivity index (χ1) is 12.8. The number of nitrogens with zero attached hydrogens (tertiary/aromatic N) is 5. The van der Waals surface area contributed by atoms with Crippen molar-refractivity contribution >= 4 is 35.2 Å². The number of nitriles is 1. The molecule has 10 nitrogen and oxygen atoms in total. The van der Waals surface area contributed by atoms with Crippen molar-refractivity contribution in [3.05, 3.63) is 33.3 Å². The third-order valence-electron chi connectivity index (χ3n) is 4.41. The fraction of sp³-hybridized carbons (Fsp3) is 0.400. The van der Waals surface area contributed by atoms with E-state index in [1.807, 2.05) is 6.07 Å². The highest BCUT2D eigenvalue weighted by Crippen LogP contribution is 2.30. The van der Waals surface area contributed by atoms with Gasteiger partial charge in [-0.15, -0.1) is 5.10 Å². The highest BCUT2D eigenvalue weighted by molar-refractivity contribution is 6.44. The molecule has 0 aliphatic carbocycles. The lowest BCUT2D eigenvalue weighted by Gasteiger charge is -2.37. The van der Waals surface area contributed by atoms with Crippen molar-refractivity contribution in [1.82, 2.24) is 30.2 Å². The van der Waals surface area contributed by atoms with E-state index in [0.717, 1.165) is 0 Å². The van der Waals surface area contributed by atoms with E-state index >= 15 is 0 Å². The zero-order valence-electron chi connectivity index (χ0n) is 14.1. The maximum absolute atomic E-state index is 12.6. The Morgan fingerprint density at radius 2 is 2.19 bits per heavy atom. The molecule has 1 saturated heterocycles. The second kappa shape index (κ2) is 7.46. The average molecular weight is 412 g/mol. The number of likely N-dealkylation sites (tertiary alicyclic amines) is 1. The molecule has 27 heavy (non-hydrogen) atoms. The van der Waals surface area contributed by atoms with Crippen LogP contribution in [-0.2, 0) is 0 Å². The van der Waals surface area contributed by atoms with Crippen LogP contribution in [0.5, 0.6) is 0 Å². The van der Waals surface area contributed by atoms with Gasteiger partial charge in [-0.3, -0.25) is 4.79 Å². The Balaban J connectivity index is 1.85. The van der Waals surface area contributed by atoms with E-state index in [0.29, 0.717) is 12.1 Å². The topological polar surface area (TPSA) is 140 Å². The Morgan fingerprint density at radius 3 is 2.74 bits per heavy atom. The maximum Gasteiger partial charge on any atom is 0.407 e. The van der Waals surface area contributed by atoms with Crippen molar-refractivity contribution in [3.8, 4) is 6.07 Å². The molecule has 3 N–H and O–H groups in total. The molecular formula is C15H15Cl2N7O3. The van der Waals surface area contributed by atoms with E-state index < -0.39 is 24.1 Å². The molecule has 1 aliphatic heterocycles. The fourth-order valence-electron chi connectivity index (χ4n) is 3.00. The SMILES string of the molecule is Cc1[nH]c(C(=O)N[C@@H]2CCN(C(=O)O)C[C@@H]2n2cc(C#N)nn2)c(Cl)c1Cl. The van der Waals surface area contributed by atoms with Crippen LogP contribution in [0.3, 0.4) is 0 Å². The normalized spacial score (nSPS) is 19.6. The van der Waals surface area contributed by atoms with Gasteiger partial charge in [0.25, 0.3) is 5.91 Å². The number of carbonyl (C=O) groups excluding carboxylic acids is 1. The number of piperidine rings is 1. The van der Waals surface area contributed by atoms with Crippen LogP contribution >= 0.6 is 23.2 Å². The molecule has 0 spiro atoms. The molecule has 2 atom stereocenters. The van der Waals surface area contributed by atoms with Gasteiger partial charge in [-0.2, -0.15) is 5.26 Å². The first-order valence-corrected chi connectivity index (χ1v) is 8.71.